The van der Waals surface area contributed by atoms with E-state index in [1.165, 1.54) is 5.69 Å². The van der Waals surface area contributed by atoms with Crippen LogP contribution in [0.4, 0.5) is 11.4 Å². The molecule has 17 heavy (non-hydrogen) atoms. The van der Waals surface area contributed by atoms with Gasteiger partial charge < -0.3 is 15.1 Å². The van der Waals surface area contributed by atoms with Crippen LogP contribution in [-0.2, 0) is 4.79 Å². The van der Waals surface area contributed by atoms with Gasteiger partial charge in [0.2, 0.25) is 5.91 Å². The number of benzene rings is 1. The Bertz CT molecular complexity index is 446. The lowest BCUT2D eigenvalue weighted by Gasteiger charge is -2.36. The van der Waals surface area contributed by atoms with Crippen LogP contribution in [0.5, 0.6) is 0 Å². The number of hydrogen-bond donors (Lipinski definition) is 1. The molecule has 0 aromatic heterocycles. The number of para-hydroxylation sites is 2. The third kappa shape index (κ3) is 1.69. The number of carbonyl (C=O) groups excluding carboxylic acids is 1. The van der Waals surface area contributed by atoms with E-state index in [-0.39, 0.29) is 5.91 Å². The Kier molecular flexibility index (Phi) is 2.52. The molecule has 0 spiro atoms. The number of rotatable bonds is 0. The highest BCUT2D eigenvalue weighted by Crippen LogP contribution is 2.34. The number of anilines is 2. The maximum Gasteiger partial charge on any atom is 0.228 e. The SMILES string of the molecule is CN1C(=O)CC2CNCCN2c2ccccc21. The van der Waals surface area contributed by atoms with Crippen molar-refractivity contribution in [1.29, 1.82) is 0 Å². The Morgan fingerprint density at radius 1 is 1.29 bits per heavy atom. The van der Waals surface area contributed by atoms with Gasteiger partial charge in [-0.05, 0) is 12.1 Å². The number of fused-ring (bicyclic) bond motifs is 3. The first kappa shape index (κ1) is 10.6. The molecule has 1 fully saturated rings. The van der Waals surface area contributed by atoms with Gasteiger partial charge in [-0.1, -0.05) is 12.1 Å². The van der Waals surface area contributed by atoms with E-state index in [1.807, 2.05) is 25.2 Å². The molecular weight excluding hydrogens is 214 g/mol. The molecule has 2 aliphatic rings. The lowest BCUT2D eigenvalue weighted by Crippen LogP contribution is -2.51. The Balaban J connectivity index is 2.09. The molecule has 1 atom stereocenters. The minimum Gasteiger partial charge on any atom is -0.364 e. The smallest absolute Gasteiger partial charge is 0.228 e. The topological polar surface area (TPSA) is 35.6 Å². The molecule has 4 heteroatoms. The van der Waals surface area contributed by atoms with E-state index in [4.69, 9.17) is 0 Å². The summed E-state index contributed by atoms with van der Waals surface area (Å²) >= 11 is 0. The van der Waals surface area contributed by atoms with Crippen LogP contribution in [0.3, 0.4) is 0 Å². The predicted molar refractivity (Wildman–Crippen MR) is 68.5 cm³/mol. The quantitative estimate of drug-likeness (QED) is 0.718. The maximum atomic E-state index is 12.1. The first-order valence-electron chi connectivity index (χ1n) is 6.10. The summed E-state index contributed by atoms with van der Waals surface area (Å²) in [6.45, 7) is 2.86. The lowest BCUT2D eigenvalue weighted by molar-refractivity contribution is -0.118. The Labute approximate surface area is 101 Å². The van der Waals surface area contributed by atoms with Crippen LogP contribution >= 0.6 is 0 Å². The highest BCUT2D eigenvalue weighted by molar-refractivity contribution is 5.98. The number of piperazine rings is 1. The Morgan fingerprint density at radius 3 is 2.88 bits per heavy atom. The molecule has 1 N–H and O–H groups in total. The number of hydrogen-bond acceptors (Lipinski definition) is 3. The fourth-order valence-corrected chi connectivity index (χ4v) is 2.72. The highest BCUT2D eigenvalue weighted by atomic mass is 16.2. The van der Waals surface area contributed by atoms with E-state index in [1.54, 1.807) is 4.90 Å². The number of amides is 1. The van der Waals surface area contributed by atoms with Crippen LogP contribution in [0, 0.1) is 0 Å². The molecule has 1 saturated heterocycles. The normalized spacial score (nSPS) is 24.1. The van der Waals surface area contributed by atoms with Gasteiger partial charge in [0.25, 0.3) is 0 Å². The largest absolute Gasteiger partial charge is 0.364 e. The van der Waals surface area contributed by atoms with Crippen LogP contribution in [0.15, 0.2) is 24.3 Å². The first-order valence-corrected chi connectivity index (χ1v) is 6.10. The van der Waals surface area contributed by atoms with Crippen molar-refractivity contribution in [2.75, 3.05) is 36.5 Å². The second-order valence-corrected chi connectivity index (χ2v) is 4.70. The van der Waals surface area contributed by atoms with Crippen LogP contribution in [0.25, 0.3) is 0 Å². The minimum absolute atomic E-state index is 0.202. The van der Waals surface area contributed by atoms with E-state index < -0.39 is 0 Å². The van der Waals surface area contributed by atoms with Crippen LogP contribution in [0.2, 0.25) is 0 Å². The number of nitrogens with zero attached hydrogens (tertiary/aromatic N) is 2. The van der Waals surface area contributed by atoms with Crippen LogP contribution in [-0.4, -0.2) is 38.6 Å². The van der Waals surface area contributed by atoms with Gasteiger partial charge in [0, 0.05) is 33.1 Å². The lowest BCUT2D eigenvalue weighted by atomic mass is 10.1. The third-order valence-corrected chi connectivity index (χ3v) is 3.69. The third-order valence-electron chi connectivity index (χ3n) is 3.69. The highest BCUT2D eigenvalue weighted by Gasteiger charge is 2.32. The summed E-state index contributed by atoms with van der Waals surface area (Å²) in [6, 6.07) is 8.47. The van der Waals surface area contributed by atoms with Gasteiger partial charge in [0.15, 0.2) is 0 Å². The standard InChI is InChI=1S/C13H17N3O/c1-15-11-4-2-3-5-12(11)16-7-6-14-9-10(16)8-13(15)17/h2-5,10,14H,6-9H2,1H3. The van der Waals surface area contributed by atoms with Crippen molar-refractivity contribution in [3.63, 3.8) is 0 Å². The molecule has 2 aliphatic heterocycles. The maximum absolute atomic E-state index is 12.1. The second kappa shape index (κ2) is 4.04. The van der Waals surface area contributed by atoms with Crippen molar-refractivity contribution in [1.82, 2.24) is 5.32 Å². The van der Waals surface area contributed by atoms with Gasteiger partial charge in [-0.2, -0.15) is 0 Å². The molecule has 0 radical (unpaired) electrons. The average Bonchev–Trinajstić information content (AvgIpc) is 2.48. The monoisotopic (exact) mass is 231 g/mol. The van der Waals surface area contributed by atoms with Crippen molar-refractivity contribution in [3.05, 3.63) is 24.3 Å². The summed E-state index contributed by atoms with van der Waals surface area (Å²) in [5.74, 6) is 0.202. The van der Waals surface area contributed by atoms with Gasteiger partial charge in [0.05, 0.1) is 17.4 Å². The molecular formula is C13H17N3O. The molecule has 1 amide bonds. The molecule has 90 valence electrons. The van der Waals surface area contributed by atoms with Crippen molar-refractivity contribution in [3.8, 4) is 0 Å². The van der Waals surface area contributed by atoms with Gasteiger partial charge in [-0.15, -0.1) is 0 Å². The van der Waals surface area contributed by atoms with E-state index in [0.29, 0.717) is 12.5 Å². The fourth-order valence-electron chi connectivity index (χ4n) is 2.72. The summed E-state index contributed by atoms with van der Waals surface area (Å²) in [6.07, 6.45) is 0.595. The van der Waals surface area contributed by atoms with Gasteiger partial charge >= 0.3 is 0 Å². The van der Waals surface area contributed by atoms with Crippen molar-refractivity contribution in [2.24, 2.45) is 0 Å². The summed E-state index contributed by atoms with van der Waals surface area (Å²) in [5, 5.41) is 3.37. The van der Waals surface area contributed by atoms with E-state index >= 15 is 0 Å². The van der Waals surface area contributed by atoms with Crippen molar-refractivity contribution >= 4 is 17.3 Å². The zero-order valence-electron chi connectivity index (χ0n) is 10.0. The first-order chi connectivity index (χ1) is 8.27. The van der Waals surface area contributed by atoms with E-state index in [0.717, 1.165) is 25.3 Å². The van der Waals surface area contributed by atoms with Crippen LogP contribution < -0.4 is 15.1 Å². The number of carbonyl (C=O) groups is 1. The molecule has 0 bridgehead atoms. The van der Waals surface area contributed by atoms with Crippen molar-refractivity contribution < 1.29 is 4.79 Å². The molecule has 1 unspecified atom stereocenters. The van der Waals surface area contributed by atoms with E-state index in [9.17, 15) is 4.79 Å². The molecule has 2 heterocycles. The number of nitrogens with one attached hydrogen (secondary N) is 1. The van der Waals surface area contributed by atoms with Gasteiger partial charge in [0.1, 0.15) is 0 Å². The summed E-state index contributed by atoms with van der Waals surface area (Å²) in [4.78, 5) is 16.3. The molecule has 0 aliphatic carbocycles. The van der Waals surface area contributed by atoms with Crippen molar-refractivity contribution in [2.45, 2.75) is 12.5 Å². The molecule has 1 aromatic carbocycles. The molecule has 3 rings (SSSR count). The minimum atomic E-state index is 0.202. The fraction of sp³-hybridized carbons (Fsp3) is 0.462. The summed E-state index contributed by atoms with van der Waals surface area (Å²) in [5.41, 5.74) is 2.22. The Hall–Kier alpha value is -1.55. The molecule has 4 nitrogen and oxygen atoms in total. The molecule has 1 aromatic rings. The zero-order chi connectivity index (χ0) is 11.8. The molecule has 0 saturated carbocycles. The Morgan fingerprint density at radius 2 is 2.06 bits per heavy atom. The van der Waals surface area contributed by atoms with Crippen LogP contribution in [0.1, 0.15) is 6.42 Å². The second-order valence-electron chi connectivity index (χ2n) is 4.70. The van der Waals surface area contributed by atoms with Gasteiger partial charge in [-0.25, -0.2) is 0 Å². The van der Waals surface area contributed by atoms with Gasteiger partial charge in [-0.3, -0.25) is 4.79 Å². The summed E-state index contributed by atoms with van der Waals surface area (Å²) in [7, 11) is 1.87. The van der Waals surface area contributed by atoms with E-state index in [2.05, 4.69) is 16.3 Å². The zero-order valence-corrected chi connectivity index (χ0v) is 10.0. The predicted octanol–water partition coefficient (Wildman–Crippen LogP) is 0.831. The summed E-state index contributed by atoms with van der Waals surface area (Å²) < 4.78 is 0. The average molecular weight is 231 g/mol.